The Morgan fingerprint density at radius 2 is 1.45 bits per heavy atom. The Balaban J connectivity index is 1.92. The van der Waals surface area contributed by atoms with Gasteiger partial charge < -0.3 is 4.42 Å². The van der Waals surface area contributed by atoms with E-state index in [-0.39, 0.29) is 10.8 Å². The Labute approximate surface area is 195 Å². The van der Waals surface area contributed by atoms with Crippen LogP contribution in [0.25, 0.3) is 44.0 Å². The predicted octanol–water partition coefficient (Wildman–Crippen LogP) is 7.89. The number of rotatable bonds is 1. The molecule has 1 aliphatic carbocycles. The van der Waals surface area contributed by atoms with Crippen LogP contribution in [0.1, 0.15) is 57.2 Å². The minimum Gasteiger partial charge on any atom is -0.454 e. The van der Waals surface area contributed by atoms with Crippen LogP contribution in [-0.2, 0) is 17.9 Å². The van der Waals surface area contributed by atoms with E-state index in [9.17, 15) is 0 Å². The lowest BCUT2D eigenvalue weighted by Crippen LogP contribution is -2.36. The second-order valence-electron chi connectivity index (χ2n) is 11.2. The van der Waals surface area contributed by atoms with Crippen molar-refractivity contribution in [3.05, 3.63) is 77.5 Å². The van der Waals surface area contributed by atoms with Gasteiger partial charge in [-0.25, -0.2) is 4.57 Å². The summed E-state index contributed by atoms with van der Waals surface area (Å²) in [5.41, 5.74) is 9.05. The molecule has 0 spiro atoms. The van der Waals surface area contributed by atoms with Crippen molar-refractivity contribution in [2.24, 2.45) is 7.05 Å². The van der Waals surface area contributed by atoms with Gasteiger partial charge in [0.2, 0.25) is 5.69 Å². The first-order valence-corrected chi connectivity index (χ1v) is 12.1. The van der Waals surface area contributed by atoms with Crippen LogP contribution in [0.2, 0.25) is 0 Å². The maximum atomic E-state index is 6.90. The first kappa shape index (κ1) is 20.5. The Morgan fingerprint density at radius 3 is 2.21 bits per heavy atom. The van der Waals surface area contributed by atoms with Crippen LogP contribution in [0, 0.1) is 6.92 Å². The molecular weight excluding hydrogens is 402 g/mol. The van der Waals surface area contributed by atoms with Gasteiger partial charge >= 0.3 is 0 Å². The van der Waals surface area contributed by atoms with Crippen LogP contribution in [-0.4, -0.2) is 0 Å². The molecule has 0 N–H and O–H groups in total. The maximum absolute atomic E-state index is 6.90. The van der Waals surface area contributed by atoms with Crippen molar-refractivity contribution < 1.29 is 8.98 Å². The van der Waals surface area contributed by atoms with Gasteiger partial charge in [-0.3, -0.25) is 0 Å². The summed E-state index contributed by atoms with van der Waals surface area (Å²) in [5, 5.41) is 4.97. The summed E-state index contributed by atoms with van der Waals surface area (Å²) in [7, 11) is 2.13. The molecule has 0 bridgehead atoms. The van der Waals surface area contributed by atoms with Gasteiger partial charge in [0.1, 0.15) is 18.2 Å². The lowest BCUT2D eigenvalue weighted by Gasteiger charge is -2.43. The minimum absolute atomic E-state index is 0.0910. The van der Waals surface area contributed by atoms with Crippen molar-refractivity contribution in [2.75, 3.05) is 0 Å². The van der Waals surface area contributed by atoms with E-state index in [2.05, 4.69) is 107 Å². The van der Waals surface area contributed by atoms with Gasteiger partial charge in [0, 0.05) is 28.3 Å². The lowest BCUT2D eigenvalue weighted by molar-refractivity contribution is -0.660. The van der Waals surface area contributed by atoms with Gasteiger partial charge in [0.15, 0.2) is 6.20 Å². The Morgan fingerprint density at radius 1 is 0.758 bits per heavy atom. The molecule has 2 aromatic heterocycles. The van der Waals surface area contributed by atoms with Gasteiger partial charge in [-0.1, -0.05) is 58.0 Å². The number of hydrogen-bond donors (Lipinski definition) is 0. The summed E-state index contributed by atoms with van der Waals surface area (Å²) < 4.78 is 9.12. The van der Waals surface area contributed by atoms with Crippen LogP contribution in [0.3, 0.4) is 0 Å². The van der Waals surface area contributed by atoms with Gasteiger partial charge in [0.25, 0.3) is 0 Å². The van der Waals surface area contributed by atoms with Gasteiger partial charge in [-0.05, 0) is 64.8 Å². The van der Waals surface area contributed by atoms with Gasteiger partial charge in [-0.15, -0.1) is 0 Å². The molecule has 33 heavy (non-hydrogen) atoms. The maximum Gasteiger partial charge on any atom is 0.216 e. The summed E-state index contributed by atoms with van der Waals surface area (Å²) in [6.45, 7) is 12.0. The van der Waals surface area contributed by atoms with Crippen molar-refractivity contribution in [1.29, 1.82) is 0 Å². The van der Waals surface area contributed by atoms with Crippen molar-refractivity contribution in [3.63, 3.8) is 0 Å². The number of aromatic nitrogens is 1. The zero-order valence-corrected chi connectivity index (χ0v) is 20.5. The van der Waals surface area contributed by atoms with Gasteiger partial charge in [0.05, 0.1) is 5.56 Å². The predicted molar refractivity (Wildman–Crippen MR) is 138 cm³/mol. The number of aryl methyl sites for hydroxylation is 1. The average Bonchev–Trinajstić information content (AvgIpc) is 3.16. The molecule has 0 aliphatic heterocycles. The van der Waals surface area contributed by atoms with E-state index in [1.54, 1.807) is 0 Å². The van der Waals surface area contributed by atoms with Crippen molar-refractivity contribution >= 4 is 32.7 Å². The Hall–Kier alpha value is -3.13. The fourth-order valence-corrected chi connectivity index (χ4v) is 6.35. The highest BCUT2D eigenvalue weighted by Gasteiger charge is 2.42. The summed E-state index contributed by atoms with van der Waals surface area (Å²) >= 11 is 0. The van der Waals surface area contributed by atoms with E-state index in [1.165, 1.54) is 62.3 Å². The van der Waals surface area contributed by atoms with E-state index in [0.29, 0.717) is 0 Å². The second-order valence-corrected chi connectivity index (χ2v) is 11.2. The molecule has 0 amide bonds. The highest BCUT2D eigenvalue weighted by Crippen LogP contribution is 2.54. The fraction of sp³-hybridized carbons (Fsp3) is 0.323. The number of benzene rings is 3. The highest BCUT2D eigenvalue weighted by molar-refractivity contribution is 6.19. The van der Waals surface area contributed by atoms with E-state index < -0.39 is 0 Å². The summed E-state index contributed by atoms with van der Waals surface area (Å²) in [4.78, 5) is 0. The molecule has 166 valence electrons. The van der Waals surface area contributed by atoms with Crippen LogP contribution in [0.5, 0.6) is 0 Å². The van der Waals surface area contributed by atoms with E-state index in [4.69, 9.17) is 4.42 Å². The molecule has 6 rings (SSSR count). The SMILES string of the molecule is Cc1c2c(c3c(oc4c5ccccc5ccc43)c1-c1cccc[n+]1C)C(C)(C)CCC2(C)C. The normalized spacial score (nSPS) is 17.0. The van der Waals surface area contributed by atoms with Crippen molar-refractivity contribution in [2.45, 2.75) is 58.3 Å². The third kappa shape index (κ3) is 2.76. The molecule has 0 fully saturated rings. The van der Waals surface area contributed by atoms with Crippen LogP contribution in [0.15, 0.2) is 65.2 Å². The third-order valence-electron chi connectivity index (χ3n) is 8.10. The molecule has 2 heterocycles. The molecule has 0 unspecified atom stereocenters. The lowest BCUT2D eigenvalue weighted by atomic mass is 9.60. The van der Waals surface area contributed by atoms with E-state index in [0.717, 1.165) is 11.2 Å². The summed E-state index contributed by atoms with van der Waals surface area (Å²) in [6, 6.07) is 19.6. The van der Waals surface area contributed by atoms with Gasteiger partial charge in [-0.2, -0.15) is 0 Å². The molecule has 0 atom stereocenters. The molecule has 3 aromatic carbocycles. The molecule has 1 aliphatic rings. The number of nitrogens with zero attached hydrogens (tertiary/aromatic N) is 1. The Kier molecular flexibility index (Phi) is 4.15. The third-order valence-corrected chi connectivity index (χ3v) is 8.10. The zero-order chi connectivity index (χ0) is 23.1. The molecular formula is C31H32NO+. The second kappa shape index (κ2) is 6.70. The van der Waals surface area contributed by atoms with Crippen LogP contribution in [0.4, 0.5) is 0 Å². The number of fused-ring (bicyclic) bond motifs is 7. The quantitative estimate of drug-likeness (QED) is 0.245. The monoisotopic (exact) mass is 434 g/mol. The molecule has 5 aromatic rings. The topological polar surface area (TPSA) is 17.0 Å². The van der Waals surface area contributed by atoms with Crippen LogP contribution < -0.4 is 4.57 Å². The molecule has 2 nitrogen and oxygen atoms in total. The standard InChI is InChI=1S/C31H32NO/c1-19-24(23-13-9-10-18-32(23)6)29-25(27-26(19)30(2,3)16-17-31(27,4)5)22-15-14-20-11-7-8-12-21(20)28(22)33-29/h7-15,18H,16-17H2,1-6H3/q+1. The highest BCUT2D eigenvalue weighted by atomic mass is 16.3. The fourth-order valence-electron chi connectivity index (χ4n) is 6.35. The zero-order valence-electron chi connectivity index (χ0n) is 20.5. The van der Waals surface area contributed by atoms with Crippen molar-refractivity contribution in [3.8, 4) is 11.3 Å². The number of furan rings is 1. The van der Waals surface area contributed by atoms with Crippen molar-refractivity contribution in [1.82, 2.24) is 0 Å². The average molecular weight is 435 g/mol. The number of pyridine rings is 1. The molecule has 0 saturated carbocycles. The first-order chi connectivity index (χ1) is 15.7. The summed E-state index contributed by atoms with van der Waals surface area (Å²) in [5.74, 6) is 0. The summed E-state index contributed by atoms with van der Waals surface area (Å²) in [6.07, 6.45) is 4.51. The van der Waals surface area contributed by atoms with E-state index in [1.807, 2.05) is 0 Å². The first-order valence-electron chi connectivity index (χ1n) is 12.1. The Bertz CT molecular complexity index is 1580. The minimum atomic E-state index is 0.0910. The largest absolute Gasteiger partial charge is 0.454 e. The number of hydrogen-bond acceptors (Lipinski definition) is 1. The molecule has 2 heteroatoms. The van der Waals surface area contributed by atoms with E-state index >= 15 is 0 Å². The van der Waals surface area contributed by atoms with Crippen LogP contribution >= 0.6 is 0 Å². The molecule has 0 radical (unpaired) electrons. The molecule has 0 saturated heterocycles. The smallest absolute Gasteiger partial charge is 0.216 e.